The first kappa shape index (κ1) is 28.4. The number of amides is 2. The number of benzene rings is 2. The van der Waals surface area contributed by atoms with Gasteiger partial charge in [0, 0.05) is 19.5 Å². The summed E-state index contributed by atoms with van der Waals surface area (Å²) in [7, 11) is 0. The van der Waals surface area contributed by atoms with Crippen molar-refractivity contribution in [2.45, 2.75) is 75.7 Å². The molecule has 2 aromatic rings. The van der Waals surface area contributed by atoms with E-state index in [1.807, 2.05) is 9.80 Å². The number of hydrogen-bond donors (Lipinski definition) is 0. The normalized spacial score (nSPS) is 16.0. The second-order valence-corrected chi connectivity index (χ2v) is 7.47. The van der Waals surface area contributed by atoms with Crippen molar-refractivity contribution in [3.05, 3.63) is 58.7 Å². The monoisotopic (exact) mass is 426 g/mol. The molecule has 0 saturated heterocycles. The fraction of sp³-hybridized carbons (Fsp3) is 0.481. The zero-order chi connectivity index (χ0) is 17.7. The highest BCUT2D eigenvalue weighted by Crippen LogP contribution is 2.37. The number of hydrogen-bond acceptors (Lipinski definition) is 2. The zero-order valence-corrected chi connectivity index (χ0v) is 14.8. The molecule has 4 heteroatoms. The molecule has 172 valence electrons. The number of carbonyl (C=O) groups excluding carboxylic acids is 2. The Morgan fingerprint density at radius 3 is 1.74 bits per heavy atom. The molecule has 0 radical (unpaired) electrons. The van der Waals surface area contributed by atoms with E-state index in [9.17, 15) is 9.59 Å². The predicted molar refractivity (Wildman–Crippen MR) is 135 cm³/mol. The lowest BCUT2D eigenvalue weighted by Gasteiger charge is -2.25. The molecular formula is C27H42N2O2. The molecule has 0 spiro atoms. The molecule has 31 heavy (non-hydrogen) atoms. The Kier molecular flexibility index (Phi) is 10.2. The fourth-order valence-electron chi connectivity index (χ4n) is 4.75. The lowest BCUT2D eigenvalue weighted by atomic mass is 10.00. The average molecular weight is 427 g/mol. The Balaban J connectivity index is 0.000000500. The van der Waals surface area contributed by atoms with Gasteiger partial charge in [0.1, 0.15) is 0 Å². The maximum absolute atomic E-state index is 11.6. The van der Waals surface area contributed by atoms with Crippen LogP contribution in [0.5, 0.6) is 0 Å². The van der Waals surface area contributed by atoms with Crippen molar-refractivity contribution in [3.8, 4) is 0 Å². The molecular weight excluding hydrogens is 384 g/mol. The molecule has 0 aliphatic carbocycles. The van der Waals surface area contributed by atoms with Gasteiger partial charge in [0.2, 0.25) is 11.8 Å². The molecule has 0 unspecified atom stereocenters. The first-order valence-corrected chi connectivity index (χ1v) is 9.54. The van der Waals surface area contributed by atoms with E-state index in [0.29, 0.717) is 18.7 Å². The van der Waals surface area contributed by atoms with Crippen molar-refractivity contribution in [3.63, 3.8) is 0 Å². The predicted octanol–water partition coefficient (Wildman–Crippen LogP) is 6.22. The van der Waals surface area contributed by atoms with E-state index < -0.39 is 0 Å². The van der Waals surface area contributed by atoms with E-state index in [-0.39, 0.29) is 43.0 Å². The zero-order valence-electron chi connectivity index (χ0n) is 14.8. The number of aryl methyl sites for hydroxylation is 2. The van der Waals surface area contributed by atoms with Gasteiger partial charge in [-0.25, -0.2) is 0 Å². The Morgan fingerprint density at radius 1 is 0.548 bits per heavy atom. The van der Waals surface area contributed by atoms with Crippen molar-refractivity contribution in [2.24, 2.45) is 0 Å². The Bertz CT molecular complexity index is 910. The van der Waals surface area contributed by atoms with Gasteiger partial charge in [-0.15, -0.1) is 0 Å². The topological polar surface area (TPSA) is 40.6 Å². The molecule has 0 atom stereocenters. The van der Waals surface area contributed by atoms with E-state index in [2.05, 4.69) is 36.4 Å². The number of anilines is 2. The fourth-order valence-corrected chi connectivity index (χ4v) is 4.75. The molecule has 2 aromatic carbocycles. The third-order valence-electron chi connectivity index (χ3n) is 5.93. The number of rotatable bonds is 0. The molecule has 2 amide bonds. The van der Waals surface area contributed by atoms with Gasteiger partial charge in [0.15, 0.2) is 0 Å². The quantitative estimate of drug-likeness (QED) is 0.501. The minimum atomic E-state index is 0. The molecule has 0 saturated carbocycles. The second kappa shape index (κ2) is 11.1. The van der Waals surface area contributed by atoms with Crippen molar-refractivity contribution in [2.75, 3.05) is 22.9 Å². The summed E-state index contributed by atoms with van der Waals surface area (Å²) in [5.74, 6) is 0.583. The highest BCUT2D eigenvalue weighted by atomic mass is 16.2. The van der Waals surface area contributed by atoms with Gasteiger partial charge in [-0.3, -0.25) is 9.59 Å². The third-order valence-corrected chi connectivity index (χ3v) is 5.93. The van der Waals surface area contributed by atoms with Crippen molar-refractivity contribution < 1.29 is 9.59 Å². The number of carbonyl (C=O) groups is 2. The highest BCUT2D eigenvalue weighted by molar-refractivity contribution is 6.02. The summed E-state index contributed by atoms with van der Waals surface area (Å²) < 4.78 is 0. The van der Waals surface area contributed by atoms with E-state index >= 15 is 0 Å². The van der Waals surface area contributed by atoms with Crippen LogP contribution in [-0.4, -0.2) is 24.9 Å². The van der Waals surface area contributed by atoms with E-state index in [1.54, 1.807) is 0 Å². The van der Waals surface area contributed by atoms with Crippen molar-refractivity contribution in [1.82, 2.24) is 0 Å². The Morgan fingerprint density at radius 2 is 1.06 bits per heavy atom. The van der Waals surface area contributed by atoms with Crippen molar-refractivity contribution in [1.29, 1.82) is 0 Å². The van der Waals surface area contributed by atoms with Crippen LogP contribution in [0.1, 0.15) is 72.2 Å². The van der Waals surface area contributed by atoms with Crippen molar-refractivity contribution >= 4 is 23.2 Å². The molecule has 4 heterocycles. The Labute approximate surface area is 190 Å². The van der Waals surface area contributed by atoms with Gasteiger partial charge in [0.05, 0.1) is 17.8 Å². The van der Waals surface area contributed by atoms with Crippen LogP contribution in [0.25, 0.3) is 0 Å². The van der Waals surface area contributed by atoms with Gasteiger partial charge < -0.3 is 9.80 Å². The van der Waals surface area contributed by atoms with Gasteiger partial charge in [-0.05, 0) is 47.9 Å². The molecule has 4 aliphatic rings. The number of para-hydroxylation sites is 2. The van der Waals surface area contributed by atoms with Gasteiger partial charge in [-0.1, -0.05) is 73.5 Å². The van der Waals surface area contributed by atoms with Crippen LogP contribution in [0.4, 0.5) is 11.4 Å². The van der Waals surface area contributed by atoms with Crippen LogP contribution >= 0.6 is 0 Å². The third kappa shape index (κ3) is 4.68. The minimum absolute atomic E-state index is 0. The lowest BCUT2D eigenvalue weighted by molar-refractivity contribution is -0.119. The van der Waals surface area contributed by atoms with E-state index in [1.165, 1.54) is 33.6 Å². The average Bonchev–Trinajstić information content (AvgIpc) is 3.24. The highest BCUT2D eigenvalue weighted by Gasteiger charge is 2.31. The van der Waals surface area contributed by atoms with Gasteiger partial charge in [-0.2, -0.15) is 0 Å². The molecule has 0 aromatic heterocycles. The SMILES string of the molecule is C.C.C.C.C.O=C1CCc2cccc3c2N1CC3.O=C1Cc2cccc3c2N1CCC3. The summed E-state index contributed by atoms with van der Waals surface area (Å²) in [5.41, 5.74) is 7.73. The second-order valence-electron chi connectivity index (χ2n) is 7.47. The first-order valence-electron chi connectivity index (χ1n) is 9.54. The maximum atomic E-state index is 11.6. The van der Waals surface area contributed by atoms with Crippen LogP contribution in [-0.2, 0) is 35.3 Å². The smallest absolute Gasteiger partial charge is 0.231 e. The summed E-state index contributed by atoms with van der Waals surface area (Å²) in [6, 6.07) is 12.7. The lowest BCUT2D eigenvalue weighted by Crippen LogP contribution is -2.32. The molecule has 4 nitrogen and oxygen atoms in total. The standard InChI is InChI=1S/2C11H11NO.5CH4/c13-10-7-9-4-1-3-8-5-2-6-12(10)11(8)9;13-10-5-4-8-2-1-3-9-6-7-12(10)11(8)9;;;;;/h1,3-4H,2,5-7H2;1-3H,4-7H2;5*1H4. The summed E-state index contributed by atoms with van der Waals surface area (Å²) in [6.45, 7) is 1.81. The van der Waals surface area contributed by atoms with Gasteiger partial charge in [0.25, 0.3) is 0 Å². The summed E-state index contributed by atoms with van der Waals surface area (Å²) in [4.78, 5) is 27.0. The largest absolute Gasteiger partial charge is 0.312 e. The number of nitrogens with zero attached hydrogens (tertiary/aromatic N) is 2. The maximum Gasteiger partial charge on any atom is 0.231 e. The summed E-state index contributed by atoms with van der Waals surface area (Å²) in [5, 5.41) is 0. The van der Waals surface area contributed by atoms with Crippen LogP contribution in [0.2, 0.25) is 0 Å². The summed E-state index contributed by atoms with van der Waals surface area (Å²) in [6.07, 6.45) is 5.52. The van der Waals surface area contributed by atoms with Crippen LogP contribution < -0.4 is 9.80 Å². The summed E-state index contributed by atoms with van der Waals surface area (Å²) >= 11 is 0. The minimum Gasteiger partial charge on any atom is -0.312 e. The van der Waals surface area contributed by atoms with E-state index in [0.717, 1.165) is 38.8 Å². The molecule has 6 rings (SSSR count). The Hall–Kier alpha value is -2.62. The molecule has 0 fully saturated rings. The van der Waals surface area contributed by atoms with Gasteiger partial charge >= 0.3 is 0 Å². The molecule has 0 bridgehead atoms. The molecule has 4 aliphatic heterocycles. The molecule has 0 N–H and O–H groups in total. The van der Waals surface area contributed by atoms with E-state index in [4.69, 9.17) is 0 Å². The van der Waals surface area contributed by atoms with Crippen LogP contribution in [0, 0.1) is 0 Å². The first-order chi connectivity index (χ1) is 12.7. The van der Waals surface area contributed by atoms with Crippen LogP contribution in [0.15, 0.2) is 36.4 Å². The van der Waals surface area contributed by atoms with Crippen LogP contribution in [0.3, 0.4) is 0 Å².